The van der Waals surface area contributed by atoms with Crippen LogP contribution in [0.5, 0.6) is 0 Å². The molecular weight excluding hydrogens is 190 g/mol. The van der Waals surface area contributed by atoms with Crippen molar-refractivity contribution < 1.29 is 9.53 Å². The average molecular weight is 201 g/mol. The van der Waals surface area contributed by atoms with E-state index in [2.05, 4.69) is 4.74 Å². The van der Waals surface area contributed by atoms with Crippen molar-refractivity contribution in [3.05, 3.63) is 21.8 Å². The summed E-state index contributed by atoms with van der Waals surface area (Å²) in [5.74, 6) is -0.232. The van der Waals surface area contributed by atoms with E-state index in [1.807, 2.05) is 0 Å². The number of rotatable bonds is 4. The molecule has 1 aromatic heterocycles. The summed E-state index contributed by atoms with van der Waals surface area (Å²) in [4.78, 5) is 21.7. The fourth-order valence-electron chi connectivity index (χ4n) is 0.929. The zero-order chi connectivity index (χ0) is 9.68. The molecule has 0 bridgehead atoms. The molecule has 0 N–H and O–H groups in total. The van der Waals surface area contributed by atoms with E-state index in [4.69, 9.17) is 0 Å². The van der Waals surface area contributed by atoms with Crippen LogP contribution in [0.25, 0.3) is 0 Å². The summed E-state index contributed by atoms with van der Waals surface area (Å²) in [6.07, 6.45) is 1.01. The van der Waals surface area contributed by atoms with E-state index in [0.29, 0.717) is 19.4 Å². The maximum atomic E-state index is 11.0. The van der Waals surface area contributed by atoms with Crippen molar-refractivity contribution in [1.82, 2.24) is 3.96 Å². The first-order chi connectivity index (χ1) is 6.24. The van der Waals surface area contributed by atoms with Crippen molar-refractivity contribution in [3.8, 4) is 0 Å². The third-order valence-electron chi connectivity index (χ3n) is 1.61. The van der Waals surface area contributed by atoms with E-state index in [0.717, 1.165) is 0 Å². The van der Waals surface area contributed by atoms with Gasteiger partial charge in [-0.05, 0) is 6.42 Å². The Morgan fingerprint density at radius 3 is 3.00 bits per heavy atom. The summed E-state index contributed by atoms with van der Waals surface area (Å²) < 4.78 is 6.09. The van der Waals surface area contributed by atoms with Crippen LogP contribution in [-0.4, -0.2) is 17.0 Å². The number of hydrogen-bond donors (Lipinski definition) is 0. The smallest absolute Gasteiger partial charge is 0.305 e. The van der Waals surface area contributed by atoms with Gasteiger partial charge in [0.05, 0.1) is 7.11 Å². The molecule has 0 fully saturated rings. The van der Waals surface area contributed by atoms with Crippen LogP contribution in [0, 0.1) is 0 Å². The van der Waals surface area contributed by atoms with Gasteiger partial charge in [-0.15, -0.1) is 0 Å². The number of esters is 1. The number of nitrogens with zero attached hydrogens (tertiary/aromatic N) is 1. The van der Waals surface area contributed by atoms with E-state index < -0.39 is 0 Å². The highest BCUT2D eigenvalue weighted by molar-refractivity contribution is 7.04. The average Bonchev–Trinajstić information content (AvgIpc) is 2.52. The van der Waals surface area contributed by atoms with Gasteiger partial charge in [-0.3, -0.25) is 13.5 Å². The maximum absolute atomic E-state index is 11.0. The number of carbonyl (C=O) groups is 1. The van der Waals surface area contributed by atoms with Crippen molar-refractivity contribution in [2.24, 2.45) is 0 Å². The van der Waals surface area contributed by atoms with E-state index in [1.54, 1.807) is 9.34 Å². The highest BCUT2D eigenvalue weighted by Crippen LogP contribution is 1.98. The summed E-state index contributed by atoms with van der Waals surface area (Å²) >= 11 is 1.36. The molecule has 0 radical (unpaired) electrons. The van der Waals surface area contributed by atoms with Crippen molar-refractivity contribution in [2.75, 3.05) is 7.11 Å². The molecule has 1 heterocycles. The first-order valence-electron chi connectivity index (χ1n) is 3.95. The Morgan fingerprint density at radius 1 is 1.69 bits per heavy atom. The molecule has 0 spiro atoms. The van der Waals surface area contributed by atoms with Crippen LogP contribution in [-0.2, 0) is 16.1 Å². The molecule has 5 heteroatoms. The van der Waals surface area contributed by atoms with Crippen LogP contribution in [0.1, 0.15) is 12.8 Å². The van der Waals surface area contributed by atoms with Gasteiger partial charge in [0.2, 0.25) is 0 Å². The Bertz CT molecular complexity index is 328. The first-order valence-corrected chi connectivity index (χ1v) is 4.79. The summed E-state index contributed by atoms with van der Waals surface area (Å²) in [7, 11) is 1.36. The molecule has 13 heavy (non-hydrogen) atoms. The quantitative estimate of drug-likeness (QED) is 0.679. The summed E-state index contributed by atoms with van der Waals surface area (Å²) in [5, 5.41) is 1.74. The Balaban J connectivity index is 2.32. The SMILES string of the molecule is COC(=O)CCCn1sccc1=O. The van der Waals surface area contributed by atoms with Crippen LogP contribution in [0.4, 0.5) is 0 Å². The fourth-order valence-corrected chi connectivity index (χ4v) is 1.65. The topological polar surface area (TPSA) is 48.3 Å². The second-order valence-electron chi connectivity index (χ2n) is 2.53. The lowest BCUT2D eigenvalue weighted by Gasteiger charge is -1.99. The minimum atomic E-state index is -0.232. The van der Waals surface area contributed by atoms with Gasteiger partial charge >= 0.3 is 5.97 Å². The van der Waals surface area contributed by atoms with Gasteiger partial charge < -0.3 is 4.74 Å². The fraction of sp³-hybridized carbons (Fsp3) is 0.500. The monoisotopic (exact) mass is 201 g/mol. The minimum Gasteiger partial charge on any atom is -0.469 e. The lowest BCUT2D eigenvalue weighted by Crippen LogP contribution is -2.13. The van der Waals surface area contributed by atoms with Gasteiger partial charge in [-0.25, -0.2) is 0 Å². The molecule has 0 saturated carbocycles. The van der Waals surface area contributed by atoms with E-state index in [1.165, 1.54) is 24.7 Å². The van der Waals surface area contributed by atoms with Gasteiger partial charge in [0, 0.05) is 24.4 Å². The van der Waals surface area contributed by atoms with Crippen LogP contribution in [0.15, 0.2) is 16.2 Å². The zero-order valence-electron chi connectivity index (χ0n) is 7.36. The van der Waals surface area contributed by atoms with Crippen molar-refractivity contribution >= 4 is 17.5 Å². The Labute approximate surface area is 79.9 Å². The largest absolute Gasteiger partial charge is 0.469 e. The van der Waals surface area contributed by atoms with Crippen molar-refractivity contribution in [2.45, 2.75) is 19.4 Å². The Hall–Kier alpha value is -1.10. The van der Waals surface area contributed by atoms with E-state index in [9.17, 15) is 9.59 Å². The number of ether oxygens (including phenoxy) is 1. The predicted molar refractivity (Wildman–Crippen MR) is 49.8 cm³/mol. The number of hydrogen-bond acceptors (Lipinski definition) is 4. The molecule has 0 atom stereocenters. The summed E-state index contributed by atoms with van der Waals surface area (Å²) in [6, 6.07) is 1.52. The third kappa shape index (κ3) is 3.02. The third-order valence-corrected chi connectivity index (χ3v) is 2.49. The minimum absolute atomic E-state index is 0.00475. The first kappa shape index (κ1) is 9.98. The number of aromatic nitrogens is 1. The Kier molecular flexibility index (Phi) is 3.70. The normalized spacial score (nSPS) is 9.92. The molecule has 0 unspecified atom stereocenters. The lowest BCUT2D eigenvalue weighted by molar-refractivity contribution is -0.140. The van der Waals surface area contributed by atoms with Gasteiger partial charge in [-0.2, -0.15) is 0 Å². The molecule has 0 saturated heterocycles. The maximum Gasteiger partial charge on any atom is 0.305 e. The van der Waals surface area contributed by atoms with Gasteiger partial charge in [0.25, 0.3) is 5.56 Å². The highest BCUT2D eigenvalue weighted by Gasteiger charge is 2.01. The molecule has 1 rings (SSSR count). The zero-order valence-corrected chi connectivity index (χ0v) is 8.17. The second-order valence-corrected chi connectivity index (χ2v) is 3.45. The second kappa shape index (κ2) is 4.81. The summed E-state index contributed by atoms with van der Waals surface area (Å²) in [6.45, 7) is 0.589. The molecular formula is C8H11NO3S. The molecule has 0 amide bonds. The molecule has 1 aromatic rings. The molecule has 0 aliphatic heterocycles. The summed E-state index contributed by atoms with van der Waals surface area (Å²) in [5.41, 5.74) is -0.00475. The number of aryl methyl sites for hydroxylation is 1. The number of carbonyl (C=O) groups excluding carboxylic acids is 1. The Morgan fingerprint density at radius 2 is 2.46 bits per heavy atom. The van der Waals surface area contributed by atoms with Crippen molar-refractivity contribution in [1.29, 1.82) is 0 Å². The molecule has 72 valence electrons. The van der Waals surface area contributed by atoms with Gasteiger partial charge in [-0.1, -0.05) is 11.5 Å². The van der Waals surface area contributed by atoms with Crippen molar-refractivity contribution in [3.63, 3.8) is 0 Å². The molecule has 0 aromatic carbocycles. The van der Waals surface area contributed by atoms with Gasteiger partial charge in [0.15, 0.2) is 0 Å². The van der Waals surface area contributed by atoms with Crippen LogP contribution >= 0.6 is 11.5 Å². The van der Waals surface area contributed by atoms with E-state index >= 15 is 0 Å². The van der Waals surface area contributed by atoms with Crippen LogP contribution in [0.3, 0.4) is 0 Å². The predicted octanol–water partition coefficient (Wildman–Crippen LogP) is 0.863. The molecule has 0 aliphatic carbocycles. The van der Waals surface area contributed by atoms with Gasteiger partial charge in [0.1, 0.15) is 0 Å². The highest BCUT2D eigenvalue weighted by atomic mass is 32.1. The van der Waals surface area contributed by atoms with Crippen LogP contribution in [0.2, 0.25) is 0 Å². The lowest BCUT2D eigenvalue weighted by atomic mass is 10.3. The molecule has 4 nitrogen and oxygen atoms in total. The standard InChI is InChI=1S/C8H11NO3S/c1-12-8(11)3-2-5-9-7(10)4-6-13-9/h4,6H,2-3,5H2,1H3. The molecule has 0 aliphatic rings. The number of methoxy groups -OCH3 is 1. The van der Waals surface area contributed by atoms with E-state index in [-0.39, 0.29) is 11.5 Å². The van der Waals surface area contributed by atoms with Crippen LogP contribution < -0.4 is 5.56 Å².